The van der Waals surface area contributed by atoms with Crippen LogP contribution in [0.15, 0.2) is 0 Å². The summed E-state index contributed by atoms with van der Waals surface area (Å²) >= 11 is 0. The Hall–Kier alpha value is -1.10. The van der Waals surface area contributed by atoms with Gasteiger partial charge in [-0.1, -0.05) is 0 Å². The Morgan fingerprint density at radius 3 is 2.62 bits per heavy atom. The number of nitrogens with zero attached hydrogens (tertiary/aromatic N) is 1. The predicted octanol–water partition coefficient (Wildman–Crippen LogP) is -1.11. The molecule has 0 aromatic heterocycles. The van der Waals surface area contributed by atoms with Crippen LogP contribution in [0, 0.1) is 5.92 Å². The minimum Gasteiger partial charge on any atom is -0.481 e. The van der Waals surface area contributed by atoms with Gasteiger partial charge in [-0.2, -0.15) is 0 Å². The number of nitrogens with one attached hydrogen (secondary N) is 1. The molecule has 2 saturated heterocycles. The number of hydrogen-bond acceptors (Lipinski definition) is 3. The third-order valence-electron chi connectivity index (χ3n) is 2.71. The SMILES string of the molecule is O=C(O)C1CC(=O)N(C2CNC2)C1. The van der Waals surface area contributed by atoms with Gasteiger partial charge in [-0.25, -0.2) is 0 Å². The number of aliphatic carboxylic acids is 1. The molecule has 1 amide bonds. The van der Waals surface area contributed by atoms with Gasteiger partial charge in [0.2, 0.25) is 5.91 Å². The first-order valence-corrected chi connectivity index (χ1v) is 4.41. The minimum absolute atomic E-state index is 0.0149. The third kappa shape index (κ3) is 1.39. The van der Waals surface area contributed by atoms with Crippen LogP contribution in [0.25, 0.3) is 0 Å². The summed E-state index contributed by atoms with van der Waals surface area (Å²) in [6.45, 7) is 2.00. The molecule has 5 nitrogen and oxygen atoms in total. The molecular formula is C8H12N2O3. The number of hydrogen-bond donors (Lipinski definition) is 2. The van der Waals surface area contributed by atoms with Gasteiger partial charge >= 0.3 is 5.97 Å². The van der Waals surface area contributed by atoms with Crippen molar-refractivity contribution in [1.29, 1.82) is 0 Å². The monoisotopic (exact) mass is 184 g/mol. The average molecular weight is 184 g/mol. The Morgan fingerprint density at radius 1 is 1.54 bits per heavy atom. The van der Waals surface area contributed by atoms with Crippen LogP contribution >= 0.6 is 0 Å². The summed E-state index contributed by atoms with van der Waals surface area (Å²) in [6.07, 6.45) is 0.172. The second-order valence-electron chi connectivity index (χ2n) is 3.60. The standard InChI is InChI=1S/C8H12N2O3/c11-7-1-5(8(12)13)4-10(7)6-2-9-3-6/h5-6,9H,1-4H2,(H,12,13). The van der Waals surface area contributed by atoms with Crippen molar-refractivity contribution in [2.75, 3.05) is 19.6 Å². The van der Waals surface area contributed by atoms with Crippen LogP contribution in [0.3, 0.4) is 0 Å². The molecule has 0 aromatic rings. The number of rotatable bonds is 2. The predicted molar refractivity (Wildman–Crippen MR) is 44.1 cm³/mol. The van der Waals surface area contributed by atoms with Gasteiger partial charge in [-0.15, -0.1) is 0 Å². The lowest BCUT2D eigenvalue weighted by molar-refractivity contribution is -0.141. The van der Waals surface area contributed by atoms with Crippen molar-refractivity contribution >= 4 is 11.9 Å². The van der Waals surface area contributed by atoms with E-state index in [4.69, 9.17) is 5.11 Å². The Kier molecular flexibility index (Phi) is 1.95. The molecule has 2 rings (SSSR count). The molecule has 2 N–H and O–H groups in total. The Balaban J connectivity index is 1.98. The fourth-order valence-corrected chi connectivity index (χ4v) is 1.74. The zero-order valence-corrected chi connectivity index (χ0v) is 7.19. The normalized spacial score (nSPS) is 29.1. The molecule has 0 aliphatic carbocycles. The summed E-state index contributed by atoms with van der Waals surface area (Å²) in [5.41, 5.74) is 0. The quantitative estimate of drug-likeness (QED) is 0.571. The number of amides is 1. The summed E-state index contributed by atoms with van der Waals surface area (Å²) in [7, 11) is 0. The molecule has 2 aliphatic heterocycles. The van der Waals surface area contributed by atoms with Crippen molar-refractivity contribution in [3.63, 3.8) is 0 Å². The van der Waals surface area contributed by atoms with Crippen LogP contribution in [-0.4, -0.2) is 47.6 Å². The highest BCUT2D eigenvalue weighted by Crippen LogP contribution is 2.21. The maximum absolute atomic E-state index is 11.4. The number of likely N-dealkylation sites (tertiary alicyclic amines) is 1. The molecule has 0 bridgehead atoms. The van der Waals surface area contributed by atoms with Gasteiger partial charge in [0, 0.05) is 26.1 Å². The lowest BCUT2D eigenvalue weighted by atomic mass is 10.1. The number of carbonyl (C=O) groups is 2. The summed E-state index contributed by atoms with van der Waals surface area (Å²) in [4.78, 5) is 23.7. The molecule has 72 valence electrons. The molecule has 13 heavy (non-hydrogen) atoms. The molecule has 2 fully saturated rings. The molecular weight excluding hydrogens is 172 g/mol. The molecule has 0 spiro atoms. The van der Waals surface area contributed by atoms with Gasteiger partial charge in [-0.3, -0.25) is 9.59 Å². The van der Waals surface area contributed by atoms with E-state index >= 15 is 0 Å². The van der Waals surface area contributed by atoms with Crippen molar-refractivity contribution in [3.05, 3.63) is 0 Å². The van der Waals surface area contributed by atoms with E-state index in [-0.39, 0.29) is 18.4 Å². The smallest absolute Gasteiger partial charge is 0.308 e. The highest BCUT2D eigenvalue weighted by Gasteiger charge is 2.39. The lowest BCUT2D eigenvalue weighted by Crippen LogP contribution is -2.57. The van der Waals surface area contributed by atoms with Gasteiger partial charge in [0.25, 0.3) is 0 Å². The van der Waals surface area contributed by atoms with Crippen LogP contribution in [0.1, 0.15) is 6.42 Å². The summed E-state index contributed by atoms with van der Waals surface area (Å²) in [5, 5.41) is 11.8. The first-order valence-electron chi connectivity index (χ1n) is 4.41. The van der Waals surface area contributed by atoms with E-state index in [1.807, 2.05) is 0 Å². The second kappa shape index (κ2) is 2.99. The summed E-state index contributed by atoms with van der Waals surface area (Å²) in [5.74, 6) is -1.37. The highest BCUT2D eigenvalue weighted by atomic mass is 16.4. The Bertz CT molecular complexity index is 250. The van der Waals surface area contributed by atoms with Crippen molar-refractivity contribution in [3.8, 4) is 0 Å². The van der Waals surface area contributed by atoms with Gasteiger partial charge in [0.05, 0.1) is 12.0 Å². The fourth-order valence-electron chi connectivity index (χ4n) is 1.74. The van der Waals surface area contributed by atoms with Gasteiger partial charge < -0.3 is 15.3 Å². The number of carboxylic acid groups (broad SMARTS) is 1. The number of carbonyl (C=O) groups excluding carboxylic acids is 1. The van der Waals surface area contributed by atoms with Crippen LogP contribution < -0.4 is 5.32 Å². The van der Waals surface area contributed by atoms with E-state index in [1.165, 1.54) is 0 Å². The zero-order chi connectivity index (χ0) is 9.42. The molecule has 1 unspecified atom stereocenters. The van der Waals surface area contributed by atoms with Gasteiger partial charge in [0.1, 0.15) is 0 Å². The van der Waals surface area contributed by atoms with E-state index in [9.17, 15) is 9.59 Å². The van der Waals surface area contributed by atoms with E-state index in [1.54, 1.807) is 4.90 Å². The van der Waals surface area contributed by atoms with Crippen molar-refractivity contribution in [2.45, 2.75) is 12.5 Å². The fraction of sp³-hybridized carbons (Fsp3) is 0.750. The summed E-state index contributed by atoms with van der Waals surface area (Å²) < 4.78 is 0. The van der Waals surface area contributed by atoms with Crippen LogP contribution in [0.2, 0.25) is 0 Å². The maximum atomic E-state index is 11.4. The third-order valence-corrected chi connectivity index (χ3v) is 2.71. The van der Waals surface area contributed by atoms with Crippen molar-refractivity contribution in [1.82, 2.24) is 10.2 Å². The molecule has 0 aromatic carbocycles. The first kappa shape index (κ1) is 8.50. The van der Waals surface area contributed by atoms with Crippen LogP contribution in [0.5, 0.6) is 0 Å². The molecule has 0 radical (unpaired) electrons. The average Bonchev–Trinajstić information content (AvgIpc) is 2.29. The van der Waals surface area contributed by atoms with Crippen LogP contribution in [0.4, 0.5) is 0 Å². The first-order chi connectivity index (χ1) is 6.18. The maximum Gasteiger partial charge on any atom is 0.308 e. The van der Waals surface area contributed by atoms with E-state index in [0.29, 0.717) is 6.54 Å². The van der Waals surface area contributed by atoms with Gasteiger partial charge in [0.15, 0.2) is 0 Å². The van der Waals surface area contributed by atoms with Crippen LogP contribution in [-0.2, 0) is 9.59 Å². The molecule has 2 aliphatic rings. The van der Waals surface area contributed by atoms with Crippen molar-refractivity contribution < 1.29 is 14.7 Å². The molecule has 0 saturated carbocycles. The second-order valence-corrected chi connectivity index (χ2v) is 3.60. The number of carboxylic acids is 1. The zero-order valence-electron chi connectivity index (χ0n) is 7.19. The van der Waals surface area contributed by atoms with Crippen molar-refractivity contribution in [2.24, 2.45) is 5.92 Å². The van der Waals surface area contributed by atoms with E-state index in [2.05, 4.69) is 5.32 Å². The van der Waals surface area contributed by atoms with E-state index < -0.39 is 11.9 Å². The Labute approximate surface area is 75.7 Å². The Morgan fingerprint density at radius 2 is 2.23 bits per heavy atom. The van der Waals surface area contributed by atoms with E-state index in [0.717, 1.165) is 13.1 Å². The highest BCUT2D eigenvalue weighted by molar-refractivity contribution is 5.86. The topological polar surface area (TPSA) is 69.6 Å². The molecule has 1 atom stereocenters. The molecule has 5 heteroatoms. The molecule has 2 heterocycles. The lowest BCUT2D eigenvalue weighted by Gasteiger charge is -2.35. The van der Waals surface area contributed by atoms with Gasteiger partial charge in [-0.05, 0) is 0 Å². The largest absolute Gasteiger partial charge is 0.481 e. The summed E-state index contributed by atoms with van der Waals surface area (Å²) in [6, 6.07) is 0.233. The minimum atomic E-state index is -0.858.